The Morgan fingerprint density at radius 1 is 0.778 bits per heavy atom. The van der Waals surface area contributed by atoms with E-state index in [4.69, 9.17) is 0 Å². The van der Waals surface area contributed by atoms with Crippen LogP contribution in [-0.4, -0.2) is 22.8 Å². The number of amides is 4. The number of non-ortho nitro benzene ring substituents is 1. The van der Waals surface area contributed by atoms with Crippen LogP contribution in [0.2, 0.25) is 0 Å². The van der Waals surface area contributed by atoms with Crippen LogP contribution < -0.4 is 9.80 Å². The number of nitro benzene ring substituents is 1. The number of rotatable bonds is 4. The zero-order valence-electron chi connectivity index (χ0n) is 19.1. The Balaban J connectivity index is 1.72. The number of benzene rings is 4. The van der Waals surface area contributed by atoms with E-state index >= 15 is 0 Å². The number of urea groups is 1. The van der Waals surface area contributed by atoms with E-state index in [0.29, 0.717) is 16.8 Å². The van der Waals surface area contributed by atoms with Gasteiger partial charge in [-0.1, -0.05) is 60.7 Å². The smallest absolute Gasteiger partial charge is 0.268 e. The van der Waals surface area contributed by atoms with Crippen molar-refractivity contribution in [1.82, 2.24) is 0 Å². The molecule has 1 fully saturated rings. The third-order valence-electron chi connectivity index (χ3n) is 5.91. The molecule has 0 radical (unpaired) electrons. The number of hydrogen-bond donors (Lipinski definition) is 0. The first-order valence-electron chi connectivity index (χ1n) is 11.1. The minimum Gasteiger partial charge on any atom is -0.268 e. The molecule has 1 aliphatic heterocycles. The van der Waals surface area contributed by atoms with E-state index in [1.807, 2.05) is 31.2 Å². The van der Waals surface area contributed by atoms with Crippen molar-refractivity contribution in [2.24, 2.45) is 0 Å². The third kappa shape index (κ3) is 3.90. The van der Waals surface area contributed by atoms with Crippen molar-refractivity contribution in [3.63, 3.8) is 0 Å². The molecular formula is C28H19N3O5. The van der Waals surface area contributed by atoms with Crippen LogP contribution in [0.1, 0.15) is 11.1 Å². The van der Waals surface area contributed by atoms with Crippen molar-refractivity contribution >= 4 is 51.8 Å². The molecule has 0 unspecified atom stereocenters. The van der Waals surface area contributed by atoms with Gasteiger partial charge in [0.05, 0.1) is 16.3 Å². The second kappa shape index (κ2) is 8.92. The monoisotopic (exact) mass is 477 g/mol. The number of barbiturate groups is 1. The number of imide groups is 2. The molecule has 8 nitrogen and oxygen atoms in total. The van der Waals surface area contributed by atoms with Crippen LogP contribution in [0.5, 0.6) is 0 Å². The first kappa shape index (κ1) is 22.7. The predicted octanol–water partition coefficient (Wildman–Crippen LogP) is 5.64. The van der Waals surface area contributed by atoms with Gasteiger partial charge in [-0.05, 0) is 47.7 Å². The summed E-state index contributed by atoms with van der Waals surface area (Å²) in [5.41, 5.74) is 1.29. The van der Waals surface area contributed by atoms with E-state index in [0.717, 1.165) is 20.7 Å². The normalized spacial score (nSPS) is 15.1. The molecule has 8 heteroatoms. The Morgan fingerprint density at radius 2 is 1.47 bits per heavy atom. The summed E-state index contributed by atoms with van der Waals surface area (Å²) < 4.78 is 0. The lowest BCUT2D eigenvalue weighted by atomic mass is 10.0. The van der Waals surface area contributed by atoms with Crippen LogP contribution >= 0.6 is 0 Å². The van der Waals surface area contributed by atoms with Crippen LogP contribution in [-0.2, 0) is 9.59 Å². The second-order valence-corrected chi connectivity index (χ2v) is 8.31. The second-order valence-electron chi connectivity index (χ2n) is 8.31. The van der Waals surface area contributed by atoms with Crippen molar-refractivity contribution in [3.8, 4) is 0 Å². The largest absolute Gasteiger partial charge is 0.343 e. The molecule has 36 heavy (non-hydrogen) atoms. The molecule has 0 aliphatic carbocycles. The van der Waals surface area contributed by atoms with Gasteiger partial charge in [-0.3, -0.25) is 19.7 Å². The fourth-order valence-corrected chi connectivity index (χ4v) is 4.23. The summed E-state index contributed by atoms with van der Waals surface area (Å²) in [6.07, 6.45) is 1.28. The molecule has 0 atom stereocenters. The fraction of sp³-hybridized carbons (Fsp3) is 0.0357. The molecule has 5 rings (SSSR count). The zero-order chi connectivity index (χ0) is 25.4. The number of carbonyl (C=O) groups excluding carboxylic acids is 3. The van der Waals surface area contributed by atoms with Crippen LogP contribution in [0.4, 0.5) is 21.9 Å². The average molecular weight is 477 g/mol. The van der Waals surface area contributed by atoms with Crippen LogP contribution in [0.3, 0.4) is 0 Å². The number of carbonyl (C=O) groups is 3. The Hall–Kier alpha value is -5.11. The predicted molar refractivity (Wildman–Crippen MR) is 137 cm³/mol. The van der Waals surface area contributed by atoms with E-state index in [1.54, 1.807) is 48.5 Å². The van der Waals surface area contributed by atoms with Gasteiger partial charge in [-0.2, -0.15) is 0 Å². The topological polar surface area (TPSA) is 101 Å². The summed E-state index contributed by atoms with van der Waals surface area (Å²) in [7, 11) is 0. The Morgan fingerprint density at radius 3 is 2.25 bits per heavy atom. The fourth-order valence-electron chi connectivity index (χ4n) is 4.23. The molecule has 1 saturated heterocycles. The van der Waals surface area contributed by atoms with E-state index < -0.39 is 22.8 Å². The summed E-state index contributed by atoms with van der Waals surface area (Å²) in [6.45, 7) is 1.83. The van der Waals surface area contributed by atoms with Gasteiger partial charge >= 0.3 is 6.03 Å². The van der Waals surface area contributed by atoms with Crippen molar-refractivity contribution < 1.29 is 19.3 Å². The summed E-state index contributed by atoms with van der Waals surface area (Å²) >= 11 is 0. The number of fused-ring (bicyclic) bond motifs is 1. The van der Waals surface area contributed by atoms with Crippen LogP contribution in [0, 0.1) is 17.0 Å². The van der Waals surface area contributed by atoms with Gasteiger partial charge in [0.1, 0.15) is 5.57 Å². The lowest BCUT2D eigenvalue weighted by molar-refractivity contribution is -0.384. The maximum absolute atomic E-state index is 13.7. The Kier molecular flexibility index (Phi) is 5.62. The molecule has 4 aromatic rings. The summed E-state index contributed by atoms with van der Waals surface area (Å²) in [4.78, 5) is 53.6. The Labute approximate surface area is 205 Å². The van der Waals surface area contributed by atoms with Crippen LogP contribution in [0.15, 0.2) is 96.6 Å². The van der Waals surface area contributed by atoms with Gasteiger partial charge in [-0.25, -0.2) is 14.6 Å². The molecule has 0 saturated carbocycles. The van der Waals surface area contributed by atoms with Gasteiger partial charge < -0.3 is 0 Å². The lowest BCUT2D eigenvalue weighted by Crippen LogP contribution is -2.57. The van der Waals surface area contributed by atoms with Crippen molar-refractivity contribution in [2.75, 3.05) is 9.80 Å². The number of aryl methyl sites for hydroxylation is 1. The molecule has 0 spiro atoms. The molecule has 1 aliphatic rings. The standard InChI is InChI=1S/C28H19N3O5/c1-18-7-4-11-21(15-18)29-26(32)24(17-19-8-5-12-22(16-19)31(35)36)27(33)30(28(29)34)25-14-6-10-20-9-2-3-13-23(20)25/h2-17H,1H3/b24-17+. The molecule has 4 amide bonds. The molecule has 0 bridgehead atoms. The quantitative estimate of drug-likeness (QED) is 0.164. The van der Waals surface area contributed by atoms with Gasteiger partial charge in [0.15, 0.2) is 0 Å². The molecule has 0 aromatic heterocycles. The zero-order valence-corrected chi connectivity index (χ0v) is 19.1. The van der Waals surface area contributed by atoms with Crippen molar-refractivity contribution in [1.29, 1.82) is 0 Å². The molecule has 4 aromatic carbocycles. The minimum atomic E-state index is -0.809. The number of nitrogens with zero attached hydrogens (tertiary/aromatic N) is 3. The Bertz CT molecular complexity index is 1600. The van der Waals surface area contributed by atoms with Crippen molar-refractivity contribution in [2.45, 2.75) is 6.92 Å². The van der Waals surface area contributed by atoms with E-state index in [9.17, 15) is 24.5 Å². The highest BCUT2D eigenvalue weighted by molar-refractivity contribution is 6.46. The molecule has 176 valence electrons. The summed E-state index contributed by atoms with van der Waals surface area (Å²) in [5.74, 6) is -1.62. The van der Waals surface area contributed by atoms with Crippen molar-refractivity contribution in [3.05, 3.63) is 118 Å². The van der Waals surface area contributed by atoms with E-state index in [-0.39, 0.29) is 16.8 Å². The highest BCUT2D eigenvalue weighted by atomic mass is 16.6. The maximum Gasteiger partial charge on any atom is 0.343 e. The maximum atomic E-state index is 13.7. The van der Waals surface area contributed by atoms with Gasteiger partial charge in [0, 0.05) is 17.5 Å². The molecular weight excluding hydrogens is 458 g/mol. The minimum absolute atomic E-state index is 0.183. The number of anilines is 2. The first-order valence-corrected chi connectivity index (χ1v) is 11.1. The highest BCUT2D eigenvalue weighted by Gasteiger charge is 2.44. The average Bonchev–Trinajstić information content (AvgIpc) is 2.87. The lowest BCUT2D eigenvalue weighted by Gasteiger charge is -2.34. The van der Waals surface area contributed by atoms with E-state index in [2.05, 4.69) is 0 Å². The third-order valence-corrected chi connectivity index (χ3v) is 5.91. The number of nitro groups is 1. The summed E-state index contributed by atoms with van der Waals surface area (Å²) in [6, 6.07) is 24.2. The van der Waals surface area contributed by atoms with Gasteiger partial charge in [0.25, 0.3) is 17.5 Å². The molecule has 1 heterocycles. The SMILES string of the molecule is Cc1cccc(N2C(=O)/C(=C\c3cccc([N+](=O)[O-])c3)C(=O)N(c3cccc4ccccc34)C2=O)c1. The van der Waals surface area contributed by atoms with Gasteiger partial charge in [-0.15, -0.1) is 0 Å². The van der Waals surface area contributed by atoms with Crippen LogP contribution in [0.25, 0.3) is 16.8 Å². The first-order chi connectivity index (χ1) is 17.3. The highest BCUT2D eigenvalue weighted by Crippen LogP contribution is 2.34. The summed E-state index contributed by atoms with van der Waals surface area (Å²) in [5, 5.41) is 12.7. The van der Waals surface area contributed by atoms with E-state index in [1.165, 1.54) is 24.3 Å². The number of hydrogen-bond acceptors (Lipinski definition) is 5. The molecule has 0 N–H and O–H groups in total. The van der Waals surface area contributed by atoms with Gasteiger partial charge in [0.2, 0.25) is 0 Å².